The molecule has 1 rings (SSSR count). The Kier molecular flexibility index (Phi) is 4.31. The van der Waals surface area contributed by atoms with Crippen molar-refractivity contribution in [1.29, 1.82) is 0 Å². The van der Waals surface area contributed by atoms with Crippen LogP contribution in [0.25, 0.3) is 0 Å². The molecule has 6 heavy (non-hydrogen) atoms. The molecule has 1 heterocycles. The van der Waals surface area contributed by atoms with E-state index in [4.69, 9.17) is 9.32 Å². The number of hydrogen-bond acceptors (Lipinski definition) is 5. The van der Waals surface area contributed by atoms with Crippen LogP contribution in [-0.4, -0.2) is 4.66 Å². The molecule has 0 unspecified atom stereocenters. The first-order valence-corrected chi connectivity index (χ1v) is 1.47. The van der Waals surface area contributed by atoms with Gasteiger partial charge in [0.2, 0.25) is 0 Å². The van der Waals surface area contributed by atoms with Crippen LogP contribution in [0.1, 0.15) is 0 Å². The first-order chi connectivity index (χ1) is 2.91. The van der Waals surface area contributed by atoms with E-state index in [-0.39, 0.29) is 11.3 Å². The summed E-state index contributed by atoms with van der Waals surface area (Å²) in [6.45, 7) is 0. The summed E-state index contributed by atoms with van der Waals surface area (Å²) < 4.78 is 25.7. The van der Waals surface area contributed by atoms with E-state index in [1.807, 2.05) is 0 Å². The molecule has 0 radical (unpaired) electrons. The minimum atomic E-state index is -0.167. The minimum Gasteiger partial charge on any atom is -0.506 e. The van der Waals surface area contributed by atoms with Gasteiger partial charge in [-0.1, -0.05) is 0 Å². The van der Waals surface area contributed by atoms with Gasteiger partial charge in [0.1, 0.15) is 0 Å². The third kappa shape index (κ3) is 66.1. The summed E-state index contributed by atoms with van der Waals surface area (Å²) in [5, 5.41) is 0. The summed E-state index contributed by atoms with van der Waals surface area (Å²) in [7, 11) is 0. The highest BCUT2D eigenvalue weighted by Gasteiger charge is 1.63. The molecule has 5 nitrogen and oxygen atoms in total. The van der Waals surface area contributed by atoms with Crippen molar-refractivity contribution >= 4 is 0 Å². The highest BCUT2D eigenvalue weighted by molar-refractivity contribution is 2.71. The minimum absolute atomic E-state index is 0.167. The van der Waals surface area contributed by atoms with Gasteiger partial charge >= 0.3 is 11.3 Å². The van der Waals surface area contributed by atoms with Crippen molar-refractivity contribution in [2.24, 2.45) is 0 Å². The van der Waals surface area contributed by atoms with E-state index >= 15 is 0 Å². The Bertz CT molecular complexity index is 41.0. The van der Waals surface area contributed by atoms with Crippen molar-refractivity contribution in [3.05, 3.63) is 0 Å². The van der Waals surface area contributed by atoms with E-state index in [2.05, 4.69) is 14.2 Å². The molecule has 1 aromatic rings. The van der Waals surface area contributed by atoms with Crippen molar-refractivity contribution in [2.75, 3.05) is 0 Å². The average Bonchev–Trinajstić information content (AvgIpc) is 2.11. The van der Waals surface area contributed by atoms with Crippen LogP contribution in [0.15, 0.2) is 14.2 Å². The Labute approximate surface area is 36.0 Å². The summed E-state index contributed by atoms with van der Waals surface area (Å²) in [5.74, 6) is 0. The maximum absolute atomic E-state index is 8.35. The molecule has 0 atom stereocenters. The van der Waals surface area contributed by atoms with E-state index in [1.165, 1.54) is 0 Å². The van der Waals surface area contributed by atoms with Gasteiger partial charge in [0.25, 0.3) is 0 Å². The van der Waals surface area contributed by atoms with Crippen molar-refractivity contribution in [3.8, 4) is 0 Å². The number of hydrogen-bond donors (Lipinski definition) is 1. The quantitative estimate of drug-likeness (QED) is 0.427. The summed E-state index contributed by atoms with van der Waals surface area (Å²) >= 11 is -0.167. The molecule has 0 bridgehead atoms. The second-order valence-corrected chi connectivity index (χ2v) is 0.411. The predicted molar refractivity (Wildman–Crippen MR) is 5.46 cm³/mol. The molecule has 0 aromatic carbocycles. The van der Waals surface area contributed by atoms with Crippen LogP contribution in [0, 0.1) is 11.3 Å². The second kappa shape index (κ2) is 4.61. The molecule has 0 aliphatic heterocycles. The van der Waals surface area contributed by atoms with Crippen LogP contribution in [0.3, 0.4) is 0 Å². The molecular weight excluding hydrogens is 115 g/mol. The van der Waals surface area contributed by atoms with Gasteiger partial charge < -0.3 is 4.66 Å². The molecule has 6 heteroatoms. The van der Waals surface area contributed by atoms with E-state index < -0.39 is 0 Å². The molecule has 0 aliphatic carbocycles. The molecule has 0 amide bonds. The van der Waals surface area contributed by atoms with Gasteiger partial charge in [-0.05, 0) is 0 Å². The normalized spacial score (nSPS) is 7.00. The molecule has 0 aliphatic rings. The lowest BCUT2D eigenvalue weighted by Crippen LogP contribution is -1.94. The van der Waals surface area contributed by atoms with Gasteiger partial charge in [0, 0.05) is 14.2 Å². The molecular formula is HClO5. The van der Waals surface area contributed by atoms with Crippen LogP contribution in [0.2, 0.25) is 0 Å². The third-order valence-corrected chi connectivity index (χ3v) is 0.0680. The van der Waals surface area contributed by atoms with E-state index in [0.717, 1.165) is 0 Å². The van der Waals surface area contributed by atoms with Crippen LogP contribution < -0.4 is 4.66 Å². The SMILES string of the molecule is [O-][Cl+]O.o1oo1. The van der Waals surface area contributed by atoms with Crippen LogP contribution >= 0.6 is 0 Å². The van der Waals surface area contributed by atoms with Crippen molar-refractivity contribution in [3.63, 3.8) is 0 Å². The third-order valence-electron chi connectivity index (χ3n) is 0.0680. The van der Waals surface area contributed by atoms with Gasteiger partial charge in [-0.15, -0.1) is 4.66 Å². The summed E-state index contributed by atoms with van der Waals surface area (Å²) in [6.07, 6.45) is 0. The molecule has 38 valence electrons. The van der Waals surface area contributed by atoms with E-state index in [9.17, 15) is 0 Å². The van der Waals surface area contributed by atoms with Gasteiger partial charge in [-0.25, -0.2) is 0 Å². The molecule has 0 fully saturated rings. The fourth-order valence-electron chi connectivity index (χ4n) is 0. The fraction of sp³-hybridized carbons (Fsp3) is 0. The summed E-state index contributed by atoms with van der Waals surface area (Å²) in [5.41, 5.74) is 0. The first-order valence-electron chi connectivity index (χ1n) is 0.823. The maximum Gasteiger partial charge on any atom is 0.327 e. The van der Waals surface area contributed by atoms with Crippen molar-refractivity contribution in [2.45, 2.75) is 0 Å². The molecule has 0 saturated carbocycles. The largest absolute Gasteiger partial charge is 0.506 e. The zero-order valence-electron chi connectivity index (χ0n) is 2.46. The van der Waals surface area contributed by atoms with E-state index in [0.29, 0.717) is 0 Å². The maximum atomic E-state index is 8.35. The van der Waals surface area contributed by atoms with Gasteiger partial charge in [0.05, 0.1) is 0 Å². The Morgan fingerprint density at radius 2 is 1.50 bits per heavy atom. The Balaban J connectivity index is 0.0000000833. The molecule has 0 saturated heterocycles. The number of halogens is 1. The Hall–Kier alpha value is -0.390. The zero-order valence-corrected chi connectivity index (χ0v) is 3.21. The van der Waals surface area contributed by atoms with E-state index in [1.54, 1.807) is 0 Å². The standard InChI is InChI=1S/ClHO2.O3/c2-1-3;1-2-3-1/h2H;. The topological polar surface area (TPSA) is 82.7 Å². The average molecular weight is 116 g/mol. The zero-order chi connectivity index (χ0) is 4.83. The smallest absolute Gasteiger partial charge is 0.327 e. The van der Waals surface area contributed by atoms with Gasteiger partial charge in [-0.3, -0.25) is 0 Å². The predicted octanol–water partition coefficient (Wildman–Crippen LogP) is -1.28. The highest BCUT2D eigenvalue weighted by atomic mass is 35.6. The number of rotatable bonds is 0. The van der Waals surface area contributed by atoms with Crippen molar-refractivity contribution < 1.29 is 34.9 Å². The molecule has 1 aromatic heterocycles. The lowest BCUT2D eigenvalue weighted by Gasteiger charge is -1.46. The van der Waals surface area contributed by atoms with Crippen molar-refractivity contribution in [1.82, 2.24) is 0 Å². The highest BCUT2D eigenvalue weighted by Crippen LogP contribution is 1.79. The summed E-state index contributed by atoms with van der Waals surface area (Å²) in [4.78, 5) is 0. The van der Waals surface area contributed by atoms with Gasteiger partial charge in [0.15, 0.2) is 0 Å². The molecule has 1 N–H and O–H groups in total. The van der Waals surface area contributed by atoms with Crippen LogP contribution in [0.5, 0.6) is 0 Å². The summed E-state index contributed by atoms with van der Waals surface area (Å²) in [6, 6.07) is 0. The molecule has 0 spiro atoms. The van der Waals surface area contributed by atoms with Gasteiger partial charge in [-0.2, -0.15) is 0 Å². The second-order valence-electron chi connectivity index (χ2n) is 0.273. The lowest BCUT2D eigenvalue weighted by molar-refractivity contribution is -1.27. The van der Waals surface area contributed by atoms with Crippen LogP contribution in [-0.2, 0) is 0 Å². The first kappa shape index (κ1) is 5.61. The Morgan fingerprint density at radius 3 is 1.50 bits per heavy atom. The monoisotopic (exact) mass is 116 g/mol. The lowest BCUT2D eigenvalue weighted by atomic mass is 15.2. The Morgan fingerprint density at radius 1 is 1.33 bits per heavy atom. The fourth-order valence-corrected chi connectivity index (χ4v) is 0. The van der Waals surface area contributed by atoms with Crippen LogP contribution in [0.4, 0.5) is 0 Å².